The maximum atomic E-state index is 15.7. The summed E-state index contributed by atoms with van der Waals surface area (Å²) in [5.74, 6) is -4.68. The van der Waals surface area contributed by atoms with Crippen LogP contribution in [0.1, 0.15) is 27.3 Å². The molecule has 0 fully saturated rings. The molecule has 0 radical (unpaired) electrons. The molecule has 34 heavy (non-hydrogen) atoms. The molecule has 0 saturated carbocycles. The van der Waals surface area contributed by atoms with E-state index in [0.717, 1.165) is 4.68 Å². The lowest BCUT2D eigenvalue weighted by Gasteiger charge is -2.19. The molecule has 1 aromatic heterocycles. The first-order valence-electron chi connectivity index (χ1n) is 9.94. The maximum absolute atomic E-state index is 15.7. The van der Waals surface area contributed by atoms with Crippen LogP contribution in [0.2, 0.25) is 10.0 Å². The molecule has 0 amide bonds. The normalized spacial score (nSPS) is 11.4. The third kappa shape index (κ3) is 4.60. The van der Waals surface area contributed by atoms with Crippen molar-refractivity contribution in [3.63, 3.8) is 0 Å². The second-order valence-electron chi connectivity index (χ2n) is 7.38. The minimum atomic E-state index is -3.68. The zero-order valence-corrected chi connectivity index (χ0v) is 19.2. The molecule has 4 rings (SSSR count). The summed E-state index contributed by atoms with van der Waals surface area (Å²) in [4.78, 5) is 11.7. The number of nitrogens with zero attached hydrogens (tertiary/aromatic N) is 3. The zero-order chi connectivity index (χ0) is 24.5. The van der Waals surface area contributed by atoms with Gasteiger partial charge in [-0.25, -0.2) is 9.48 Å². The molecule has 0 unspecified atom stereocenters. The summed E-state index contributed by atoms with van der Waals surface area (Å²) in [6, 6.07) is 17.1. The topological polar surface area (TPSA) is 77.2 Å². The number of carbonyl (C=O) groups is 1. The van der Waals surface area contributed by atoms with E-state index in [1.165, 1.54) is 31.4 Å². The van der Waals surface area contributed by atoms with Gasteiger partial charge in [-0.2, -0.15) is 8.78 Å². The Morgan fingerprint density at radius 1 is 1.00 bits per heavy atom. The van der Waals surface area contributed by atoms with Crippen LogP contribution in [0.3, 0.4) is 0 Å². The fourth-order valence-electron chi connectivity index (χ4n) is 3.47. The van der Waals surface area contributed by atoms with Gasteiger partial charge in [0, 0.05) is 5.56 Å². The minimum Gasteiger partial charge on any atom is -0.497 e. The number of halogens is 4. The molecule has 0 spiro atoms. The summed E-state index contributed by atoms with van der Waals surface area (Å²) in [6.07, 6.45) is 0. The van der Waals surface area contributed by atoms with Crippen molar-refractivity contribution < 1.29 is 23.4 Å². The van der Waals surface area contributed by atoms with Crippen LogP contribution < -0.4 is 4.74 Å². The highest BCUT2D eigenvalue weighted by Crippen LogP contribution is 2.38. The van der Waals surface area contributed by atoms with Gasteiger partial charge in [0.05, 0.1) is 23.7 Å². The number of hydrogen-bond acceptors (Lipinski definition) is 4. The summed E-state index contributed by atoms with van der Waals surface area (Å²) < 4.78 is 37.3. The summed E-state index contributed by atoms with van der Waals surface area (Å²) in [5.41, 5.74) is -0.0694. The van der Waals surface area contributed by atoms with Crippen LogP contribution in [0.5, 0.6) is 5.75 Å². The molecule has 1 heterocycles. The molecule has 0 bridgehead atoms. The first kappa shape index (κ1) is 23.7. The van der Waals surface area contributed by atoms with Crippen LogP contribution in [-0.4, -0.2) is 33.2 Å². The lowest BCUT2D eigenvalue weighted by Crippen LogP contribution is -2.24. The predicted molar refractivity (Wildman–Crippen MR) is 124 cm³/mol. The second kappa shape index (κ2) is 9.40. The maximum Gasteiger partial charge on any atom is 0.358 e. The monoisotopic (exact) mass is 503 g/mol. The molecule has 0 atom stereocenters. The number of rotatable bonds is 7. The Morgan fingerprint density at radius 3 is 2.24 bits per heavy atom. The molecule has 0 aliphatic heterocycles. The lowest BCUT2D eigenvalue weighted by molar-refractivity contribution is 0.0302. The zero-order valence-electron chi connectivity index (χ0n) is 17.7. The highest BCUT2D eigenvalue weighted by molar-refractivity contribution is 6.42. The SMILES string of the molecule is COc1ccc(Cn2nnc(C(=O)O)c2C(F)(F)c2ccc(-c3ccc(Cl)c(Cl)c3)cc2)cc1. The number of alkyl halides is 2. The smallest absolute Gasteiger partial charge is 0.358 e. The van der Waals surface area contributed by atoms with Gasteiger partial charge in [-0.15, -0.1) is 5.10 Å². The number of aromatic carboxylic acids is 1. The molecule has 10 heteroatoms. The van der Waals surface area contributed by atoms with Crippen molar-refractivity contribution in [3.8, 4) is 16.9 Å². The molecule has 0 saturated heterocycles. The number of carboxylic acid groups (broad SMARTS) is 1. The Balaban J connectivity index is 1.71. The Labute approximate surface area is 203 Å². The standard InChI is InChI=1S/C24H17Cl2F2N3O3/c1-34-18-9-2-14(3-10-18)13-31-22(21(23(32)33)29-30-31)24(27,28)17-7-4-15(5-8-17)16-6-11-19(25)20(26)12-16/h2-12H,13H2,1H3,(H,32,33). The number of aromatic nitrogens is 3. The molecule has 174 valence electrons. The first-order valence-corrected chi connectivity index (χ1v) is 10.7. The Hall–Kier alpha value is -3.49. The van der Waals surface area contributed by atoms with Crippen molar-refractivity contribution in [2.24, 2.45) is 0 Å². The number of hydrogen-bond donors (Lipinski definition) is 1. The third-order valence-corrected chi connectivity index (χ3v) is 5.97. The van der Waals surface area contributed by atoms with Crippen molar-refractivity contribution in [2.75, 3.05) is 7.11 Å². The number of methoxy groups -OCH3 is 1. The van der Waals surface area contributed by atoms with E-state index < -0.39 is 28.8 Å². The van der Waals surface area contributed by atoms with E-state index in [9.17, 15) is 9.90 Å². The van der Waals surface area contributed by atoms with Crippen LogP contribution in [0, 0.1) is 0 Å². The van der Waals surface area contributed by atoms with Crippen LogP contribution >= 0.6 is 23.2 Å². The number of ether oxygens (including phenoxy) is 1. The quantitative estimate of drug-likeness (QED) is 0.327. The Bertz CT molecular complexity index is 1340. The van der Waals surface area contributed by atoms with Gasteiger partial charge in [0.15, 0.2) is 5.69 Å². The molecule has 0 aliphatic rings. The van der Waals surface area contributed by atoms with Crippen molar-refractivity contribution in [3.05, 3.63) is 99.3 Å². The van der Waals surface area contributed by atoms with Crippen LogP contribution in [0.25, 0.3) is 11.1 Å². The van der Waals surface area contributed by atoms with Gasteiger partial charge in [-0.3, -0.25) is 0 Å². The molecular formula is C24H17Cl2F2N3O3. The first-order chi connectivity index (χ1) is 16.2. The molecule has 4 aromatic rings. The number of carboxylic acids is 1. The van der Waals surface area contributed by atoms with Crippen LogP contribution in [-0.2, 0) is 12.5 Å². The van der Waals surface area contributed by atoms with Gasteiger partial charge in [-0.1, -0.05) is 70.9 Å². The molecule has 1 N–H and O–H groups in total. The minimum absolute atomic E-state index is 0.101. The Kier molecular flexibility index (Phi) is 6.54. The van der Waals surface area contributed by atoms with E-state index in [-0.39, 0.29) is 6.54 Å². The Morgan fingerprint density at radius 2 is 1.65 bits per heavy atom. The van der Waals surface area contributed by atoms with E-state index in [0.29, 0.717) is 32.5 Å². The molecular weight excluding hydrogens is 487 g/mol. The fourth-order valence-corrected chi connectivity index (χ4v) is 3.76. The van der Waals surface area contributed by atoms with Gasteiger partial charge in [0.25, 0.3) is 0 Å². The van der Waals surface area contributed by atoms with Crippen molar-refractivity contribution in [1.82, 2.24) is 15.0 Å². The summed E-state index contributed by atoms with van der Waals surface area (Å²) in [6.45, 7) is -0.101. The predicted octanol–water partition coefficient (Wildman–Crippen LogP) is 6.15. The fraction of sp³-hybridized carbons (Fsp3) is 0.125. The van der Waals surface area contributed by atoms with Gasteiger partial charge in [0.1, 0.15) is 11.4 Å². The highest BCUT2D eigenvalue weighted by atomic mass is 35.5. The van der Waals surface area contributed by atoms with E-state index in [1.807, 2.05) is 0 Å². The number of benzene rings is 3. The lowest BCUT2D eigenvalue weighted by atomic mass is 9.99. The van der Waals surface area contributed by atoms with Gasteiger partial charge >= 0.3 is 11.9 Å². The van der Waals surface area contributed by atoms with Gasteiger partial charge in [-0.05, 0) is 41.0 Å². The molecule has 6 nitrogen and oxygen atoms in total. The van der Waals surface area contributed by atoms with E-state index >= 15 is 8.78 Å². The summed E-state index contributed by atoms with van der Waals surface area (Å²) in [5, 5.41) is 17.4. The molecule has 3 aromatic carbocycles. The van der Waals surface area contributed by atoms with E-state index in [1.54, 1.807) is 42.5 Å². The van der Waals surface area contributed by atoms with Crippen molar-refractivity contribution in [1.29, 1.82) is 0 Å². The average molecular weight is 504 g/mol. The highest BCUT2D eigenvalue weighted by Gasteiger charge is 2.43. The molecule has 0 aliphatic carbocycles. The van der Waals surface area contributed by atoms with Crippen molar-refractivity contribution in [2.45, 2.75) is 12.5 Å². The average Bonchev–Trinajstić information content (AvgIpc) is 3.26. The van der Waals surface area contributed by atoms with Crippen molar-refractivity contribution >= 4 is 29.2 Å². The second-order valence-corrected chi connectivity index (χ2v) is 8.19. The van der Waals surface area contributed by atoms with Gasteiger partial charge < -0.3 is 9.84 Å². The largest absolute Gasteiger partial charge is 0.497 e. The van der Waals surface area contributed by atoms with Crippen LogP contribution in [0.15, 0.2) is 66.7 Å². The third-order valence-electron chi connectivity index (χ3n) is 5.23. The summed E-state index contributed by atoms with van der Waals surface area (Å²) >= 11 is 12.0. The summed E-state index contributed by atoms with van der Waals surface area (Å²) in [7, 11) is 1.51. The van der Waals surface area contributed by atoms with Gasteiger partial charge in [0.2, 0.25) is 0 Å². The van der Waals surface area contributed by atoms with E-state index in [4.69, 9.17) is 27.9 Å². The van der Waals surface area contributed by atoms with Crippen LogP contribution in [0.4, 0.5) is 8.78 Å². The van der Waals surface area contributed by atoms with E-state index in [2.05, 4.69) is 10.3 Å².